The average Bonchev–Trinajstić information content (AvgIpc) is 2.56. The molecule has 1 N–H and O–H groups in total. The van der Waals surface area contributed by atoms with E-state index in [9.17, 15) is 18.4 Å². The third-order valence-corrected chi connectivity index (χ3v) is 4.00. The van der Waals surface area contributed by atoms with Gasteiger partial charge in [0.25, 0.3) is 0 Å². The van der Waals surface area contributed by atoms with Gasteiger partial charge in [-0.05, 0) is 29.7 Å². The fourth-order valence-corrected chi connectivity index (χ4v) is 2.69. The van der Waals surface area contributed by atoms with E-state index in [4.69, 9.17) is 0 Å². The van der Waals surface area contributed by atoms with Crippen molar-refractivity contribution in [2.45, 2.75) is 33.1 Å². The first kappa shape index (κ1) is 19.6. The number of para-hydroxylation sites is 1. The van der Waals surface area contributed by atoms with Crippen molar-refractivity contribution in [3.05, 3.63) is 59.7 Å². The zero-order valence-corrected chi connectivity index (χ0v) is 15.1. The van der Waals surface area contributed by atoms with E-state index < -0.39 is 17.5 Å². The van der Waals surface area contributed by atoms with Crippen molar-refractivity contribution < 1.29 is 18.4 Å². The van der Waals surface area contributed by atoms with Crippen LogP contribution in [-0.4, -0.2) is 18.4 Å². The van der Waals surface area contributed by atoms with E-state index in [-0.39, 0.29) is 30.5 Å². The Bertz CT molecular complexity index is 806. The van der Waals surface area contributed by atoms with Crippen LogP contribution in [0, 0.1) is 11.6 Å². The molecular formula is C20H22F2N2O2. The van der Waals surface area contributed by atoms with Gasteiger partial charge in [-0.1, -0.05) is 32.0 Å². The van der Waals surface area contributed by atoms with E-state index in [2.05, 4.69) is 5.32 Å². The average molecular weight is 360 g/mol. The normalized spacial score (nSPS) is 10.7. The minimum atomic E-state index is -0.842. The molecule has 2 aromatic rings. The Hall–Kier alpha value is -2.76. The van der Waals surface area contributed by atoms with Gasteiger partial charge in [-0.2, -0.15) is 0 Å². The second kappa shape index (κ2) is 8.56. The second-order valence-electron chi connectivity index (χ2n) is 6.31. The summed E-state index contributed by atoms with van der Waals surface area (Å²) >= 11 is 0. The lowest BCUT2D eigenvalue weighted by Crippen LogP contribution is -2.32. The van der Waals surface area contributed by atoms with Crippen LogP contribution in [0.1, 0.15) is 38.7 Å². The molecule has 0 aromatic heterocycles. The van der Waals surface area contributed by atoms with Gasteiger partial charge in [-0.15, -0.1) is 0 Å². The van der Waals surface area contributed by atoms with Crippen LogP contribution in [0.3, 0.4) is 0 Å². The molecule has 0 unspecified atom stereocenters. The van der Waals surface area contributed by atoms with Crippen LogP contribution in [0.25, 0.3) is 0 Å². The molecule has 0 radical (unpaired) electrons. The first-order chi connectivity index (χ1) is 12.3. The van der Waals surface area contributed by atoms with Gasteiger partial charge in [0.15, 0.2) is 0 Å². The summed E-state index contributed by atoms with van der Waals surface area (Å²) in [7, 11) is 0. The molecular weight excluding hydrogens is 338 g/mol. The van der Waals surface area contributed by atoms with Crippen molar-refractivity contribution in [1.82, 2.24) is 0 Å². The fraction of sp³-hybridized carbons (Fsp3) is 0.300. The Kier molecular flexibility index (Phi) is 6.44. The first-order valence-corrected chi connectivity index (χ1v) is 8.41. The van der Waals surface area contributed by atoms with Crippen molar-refractivity contribution in [1.29, 1.82) is 0 Å². The minimum Gasteiger partial charge on any atom is -0.326 e. The zero-order chi connectivity index (χ0) is 19.3. The molecule has 2 rings (SSSR count). The number of carbonyl (C=O) groups excluding carboxylic acids is 2. The number of nitrogens with zero attached hydrogens (tertiary/aromatic N) is 1. The van der Waals surface area contributed by atoms with E-state index in [1.807, 2.05) is 38.1 Å². The number of hydrogen-bond donors (Lipinski definition) is 1. The maximum atomic E-state index is 13.9. The van der Waals surface area contributed by atoms with Crippen LogP contribution in [0.4, 0.5) is 20.2 Å². The number of amides is 2. The lowest BCUT2D eigenvalue weighted by atomic mass is 10.0. The lowest BCUT2D eigenvalue weighted by Gasteiger charge is -2.22. The van der Waals surface area contributed by atoms with Crippen LogP contribution in [0.15, 0.2) is 42.5 Å². The van der Waals surface area contributed by atoms with Gasteiger partial charge in [0.05, 0.1) is 5.69 Å². The van der Waals surface area contributed by atoms with E-state index in [1.54, 1.807) is 0 Å². The number of anilines is 2. The van der Waals surface area contributed by atoms with E-state index in [1.165, 1.54) is 13.0 Å². The summed E-state index contributed by atoms with van der Waals surface area (Å²) in [6, 6.07) is 10.5. The van der Waals surface area contributed by atoms with E-state index in [0.717, 1.165) is 22.2 Å². The predicted octanol–water partition coefficient (Wildman–Crippen LogP) is 4.47. The Morgan fingerprint density at radius 3 is 2.42 bits per heavy atom. The Balaban J connectivity index is 2.08. The molecule has 26 heavy (non-hydrogen) atoms. The summed E-state index contributed by atoms with van der Waals surface area (Å²) in [6.07, 6.45) is -0.0111. The topological polar surface area (TPSA) is 49.4 Å². The number of nitrogens with one attached hydrogen (secondary N) is 1. The van der Waals surface area contributed by atoms with Crippen LogP contribution in [0.5, 0.6) is 0 Å². The number of hydrogen-bond acceptors (Lipinski definition) is 2. The maximum absolute atomic E-state index is 13.9. The Morgan fingerprint density at radius 1 is 1.12 bits per heavy atom. The lowest BCUT2D eigenvalue weighted by molar-refractivity contribution is -0.117. The molecule has 0 fully saturated rings. The van der Waals surface area contributed by atoms with Crippen LogP contribution < -0.4 is 10.2 Å². The standard InChI is InChI=1S/C20H22F2N2O2/c1-13(2)16-6-4-5-7-18(16)23-20(26)10-11-24(14(3)25)19-9-8-15(21)12-17(19)22/h4-9,12-13H,10-11H2,1-3H3,(H,23,26). The third kappa shape index (κ3) is 4.88. The largest absolute Gasteiger partial charge is 0.326 e. The molecule has 0 saturated heterocycles. The maximum Gasteiger partial charge on any atom is 0.226 e. The highest BCUT2D eigenvalue weighted by molar-refractivity contribution is 5.95. The van der Waals surface area contributed by atoms with Crippen LogP contribution >= 0.6 is 0 Å². The van der Waals surface area contributed by atoms with Gasteiger partial charge in [0.2, 0.25) is 11.8 Å². The van der Waals surface area contributed by atoms with Crippen molar-refractivity contribution in [2.24, 2.45) is 0 Å². The van der Waals surface area contributed by atoms with Crippen LogP contribution in [0.2, 0.25) is 0 Å². The quantitative estimate of drug-likeness (QED) is 0.826. The van der Waals surface area contributed by atoms with E-state index >= 15 is 0 Å². The number of benzene rings is 2. The van der Waals surface area contributed by atoms with Crippen molar-refractivity contribution >= 4 is 23.2 Å². The van der Waals surface area contributed by atoms with E-state index in [0.29, 0.717) is 6.07 Å². The number of rotatable bonds is 6. The molecule has 4 nitrogen and oxygen atoms in total. The SMILES string of the molecule is CC(=O)N(CCC(=O)Nc1ccccc1C(C)C)c1ccc(F)cc1F. The molecule has 0 atom stereocenters. The molecule has 0 saturated carbocycles. The zero-order valence-electron chi connectivity index (χ0n) is 15.1. The smallest absolute Gasteiger partial charge is 0.226 e. The molecule has 0 aliphatic carbocycles. The highest BCUT2D eigenvalue weighted by atomic mass is 19.1. The summed E-state index contributed by atoms with van der Waals surface area (Å²) < 4.78 is 27.0. The van der Waals surface area contributed by atoms with Gasteiger partial charge in [-0.3, -0.25) is 9.59 Å². The summed E-state index contributed by atoms with van der Waals surface area (Å²) in [5.41, 5.74) is 1.68. The van der Waals surface area contributed by atoms with Gasteiger partial charge in [-0.25, -0.2) is 8.78 Å². The molecule has 6 heteroatoms. The molecule has 0 aliphatic rings. The molecule has 2 aromatic carbocycles. The predicted molar refractivity (Wildman–Crippen MR) is 98.2 cm³/mol. The Labute approximate surface area is 151 Å². The molecule has 2 amide bonds. The fourth-order valence-electron chi connectivity index (χ4n) is 2.69. The molecule has 0 aliphatic heterocycles. The minimum absolute atomic E-state index is 0.00638. The summed E-state index contributed by atoms with van der Waals surface area (Å²) in [5.74, 6) is -2.03. The molecule has 138 valence electrons. The van der Waals surface area contributed by atoms with Crippen molar-refractivity contribution in [3.63, 3.8) is 0 Å². The summed E-state index contributed by atoms with van der Waals surface area (Å²) in [6.45, 7) is 5.32. The van der Waals surface area contributed by atoms with Gasteiger partial charge in [0.1, 0.15) is 11.6 Å². The van der Waals surface area contributed by atoms with Crippen LogP contribution in [-0.2, 0) is 9.59 Å². The van der Waals surface area contributed by atoms with Gasteiger partial charge >= 0.3 is 0 Å². The monoisotopic (exact) mass is 360 g/mol. The van der Waals surface area contributed by atoms with Crippen molar-refractivity contribution in [2.75, 3.05) is 16.8 Å². The second-order valence-corrected chi connectivity index (χ2v) is 6.31. The molecule has 0 spiro atoms. The van der Waals surface area contributed by atoms with Gasteiger partial charge in [0, 0.05) is 31.6 Å². The first-order valence-electron chi connectivity index (χ1n) is 8.41. The third-order valence-electron chi connectivity index (χ3n) is 4.00. The highest BCUT2D eigenvalue weighted by Crippen LogP contribution is 2.24. The summed E-state index contributed by atoms with van der Waals surface area (Å²) in [4.78, 5) is 25.2. The molecule has 0 bridgehead atoms. The summed E-state index contributed by atoms with van der Waals surface area (Å²) in [5, 5.41) is 2.83. The Morgan fingerprint density at radius 2 is 1.81 bits per heavy atom. The number of carbonyl (C=O) groups is 2. The van der Waals surface area contributed by atoms with Gasteiger partial charge < -0.3 is 10.2 Å². The van der Waals surface area contributed by atoms with Crippen molar-refractivity contribution in [3.8, 4) is 0 Å². The number of halogens is 2. The molecule has 0 heterocycles. The highest BCUT2D eigenvalue weighted by Gasteiger charge is 2.18.